The molecule has 0 spiro atoms. The topological polar surface area (TPSA) is 86.8 Å². The van der Waals surface area contributed by atoms with Gasteiger partial charge < -0.3 is 10.2 Å². The maximum atomic E-state index is 13.9. The summed E-state index contributed by atoms with van der Waals surface area (Å²) >= 11 is 5.80. The van der Waals surface area contributed by atoms with Crippen molar-refractivity contribution in [3.8, 4) is 0 Å². The normalized spacial score (nSPS) is 12.5. The third-order valence-corrected chi connectivity index (χ3v) is 8.70. The molecule has 1 N–H and O–H groups in total. The predicted octanol–water partition coefficient (Wildman–Crippen LogP) is 6.11. The molecule has 0 bridgehead atoms. The maximum absolute atomic E-state index is 13.9. The summed E-state index contributed by atoms with van der Waals surface area (Å²) in [6, 6.07) is 14.6. The number of carbonyl (C=O) groups excluding carboxylic acids is 2. The summed E-state index contributed by atoms with van der Waals surface area (Å²) in [7, 11) is -4.54. The van der Waals surface area contributed by atoms with Crippen molar-refractivity contribution >= 4 is 39.1 Å². The van der Waals surface area contributed by atoms with E-state index in [0.717, 1.165) is 23.3 Å². The van der Waals surface area contributed by atoms with Gasteiger partial charge >= 0.3 is 6.18 Å². The summed E-state index contributed by atoms with van der Waals surface area (Å²) in [5, 5.41) is 2.12. The smallest absolute Gasteiger partial charge is 0.354 e. The van der Waals surface area contributed by atoms with Crippen LogP contribution >= 0.6 is 11.6 Å². The van der Waals surface area contributed by atoms with Gasteiger partial charge in [0.15, 0.2) is 0 Å². The number of nitrogens with zero attached hydrogens (tertiary/aromatic N) is 2. The first-order chi connectivity index (χ1) is 19.6. The number of rotatable bonds is 11. The Bertz CT molecular complexity index is 1530. The summed E-state index contributed by atoms with van der Waals surface area (Å²) in [5.74, 6) is -1.23. The second-order valence-corrected chi connectivity index (χ2v) is 12.2. The van der Waals surface area contributed by atoms with E-state index in [4.69, 9.17) is 11.6 Å². The van der Waals surface area contributed by atoms with Crippen LogP contribution in [0.5, 0.6) is 0 Å². The lowest BCUT2D eigenvalue weighted by Gasteiger charge is -2.32. The fraction of sp³-hybridized carbons (Fsp3) is 0.333. The first-order valence-corrected chi connectivity index (χ1v) is 15.1. The number of benzene rings is 3. The van der Waals surface area contributed by atoms with Gasteiger partial charge in [-0.2, -0.15) is 13.2 Å². The zero-order valence-electron chi connectivity index (χ0n) is 23.7. The number of hydrogen-bond acceptors (Lipinski definition) is 4. The molecule has 42 heavy (non-hydrogen) atoms. The van der Waals surface area contributed by atoms with Gasteiger partial charge in [0.2, 0.25) is 11.8 Å². The van der Waals surface area contributed by atoms with E-state index in [-0.39, 0.29) is 11.4 Å². The van der Waals surface area contributed by atoms with Crippen molar-refractivity contribution in [3.05, 3.63) is 94.0 Å². The second kappa shape index (κ2) is 13.6. The Morgan fingerprint density at radius 3 is 2.24 bits per heavy atom. The highest BCUT2D eigenvalue weighted by Gasteiger charge is 2.37. The van der Waals surface area contributed by atoms with E-state index in [1.165, 1.54) is 24.0 Å². The first kappa shape index (κ1) is 32.9. The number of nitrogens with one attached hydrogen (secondary N) is 1. The Hall–Kier alpha value is -3.57. The Kier molecular flexibility index (Phi) is 10.7. The van der Waals surface area contributed by atoms with Crippen LogP contribution in [0.4, 0.5) is 18.9 Å². The quantitative estimate of drug-likeness (QED) is 0.279. The van der Waals surface area contributed by atoms with Gasteiger partial charge in [-0.1, -0.05) is 66.0 Å². The minimum Gasteiger partial charge on any atom is -0.354 e. The van der Waals surface area contributed by atoms with E-state index in [0.29, 0.717) is 28.9 Å². The monoisotopic (exact) mass is 623 g/mol. The molecular formula is C30H33ClF3N3O4S. The van der Waals surface area contributed by atoms with Crippen LogP contribution in [-0.2, 0) is 32.3 Å². The van der Waals surface area contributed by atoms with Gasteiger partial charge in [0.1, 0.15) is 12.6 Å². The Labute approximate surface area is 249 Å². The molecule has 3 aromatic rings. The van der Waals surface area contributed by atoms with E-state index in [1.54, 1.807) is 31.2 Å². The van der Waals surface area contributed by atoms with Crippen molar-refractivity contribution in [1.29, 1.82) is 0 Å². The summed E-state index contributed by atoms with van der Waals surface area (Å²) < 4.78 is 69.6. The number of carbonyl (C=O) groups is 2. The third kappa shape index (κ3) is 8.04. The Morgan fingerprint density at radius 2 is 1.64 bits per heavy atom. The van der Waals surface area contributed by atoms with Gasteiger partial charge in [0.05, 0.1) is 21.2 Å². The molecule has 0 aliphatic heterocycles. The molecule has 12 heteroatoms. The lowest BCUT2D eigenvalue weighted by Crippen LogP contribution is -2.51. The number of hydrogen-bond donors (Lipinski definition) is 1. The summed E-state index contributed by atoms with van der Waals surface area (Å²) in [4.78, 5) is 27.8. The molecule has 0 aliphatic carbocycles. The summed E-state index contributed by atoms with van der Waals surface area (Å²) in [6.45, 7) is 6.47. The highest BCUT2D eigenvalue weighted by atomic mass is 35.5. The molecule has 3 rings (SSSR count). The average molecular weight is 624 g/mol. The minimum atomic E-state index is -4.88. The molecule has 2 amide bonds. The molecule has 0 saturated carbocycles. The van der Waals surface area contributed by atoms with Crippen LogP contribution in [0.1, 0.15) is 42.5 Å². The molecule has 1 atom stereocenters. The van der Waals surface area contributed by atoms with Crippen molar-refractivity contribution in [1.82, 2.24) is 10.2 Å². The molecule has 0 unspecified atom stereocenters. The van der Waals surface area contributed by atoms with E-state index < -0.39 is 56.9 Å². The Balaban J connectivity index is 2.11. The SMILES string of the molecule is CCCNC(=O)[C@H](C)N(Cc1cccc(C)c1)C(=O)CN(c1ccc(Cl)c(C(F)(F)F)c1)S(=O)(=O)c1ccc(C)cc1. The molecule has 3 aromatic carbocycles. The number of alkyl halides is 3. The molecule has 7 nitrogen and oxygen atoms in total. The van der Waals surface area contributed by atoms with E-state index in [2.05, 4.69) is 5.32 Å². The molecule has 0 aromatic heterocycles. The number of sulfonamides is 1. The van der Waals surface area contributed by atoms with Crippen molar-refractivity contribution < 1.29 is 31.2 Å². The lowest BCUT2D eigenvalue weighted by atomic mass is 10.1. The average Bonchev–Trinajstić information content (AvgIpc) is 2.92. The van der Waals surface area contributed by atoms with Gasteiger partial charge in [-0.3, -0.25) is 13.9 Å². The minimum absolute atomic E-state index is 0.0337. The van der Waals surface area contributed by atoms with Crippen LogP contribution in [0, 0.1) is 13.8 Å². The van der Waals surface area contributed by atoms with E-state index in [9.17, 15) is 31.2 Å². The summed E-state index contributed by atoms with van der Waals surface area (Å²) in [5.41, 5.74) is 0.713. The second-order valence-electron chi connectivity index (χ2n) is 9.96. The predicted molar refractivity (Wildman–Crippen MR) is 157 cm³/mol. The molecule has 0 saturated heterocycles. The van der Waals surface area contributed by atoms with Crippen LogP contribution in [0.2, 0.25) is 5.02 Å². The zero-order valence-corrected chi connectivity index (χ0v) is 25.3. The number of halogens is 4. The van der Waals surface area contributed by atoms with Crippen molar-refractivity contribution in [3.63, 3.8) is 0 Å². The largest absolute Gasteiger partial charge is 0.417 e. The van der Waals surface area contributed by atoms with Gasteiger partial charge in [-0.15, -0.1) is 0 Å². The molecule has 226 valence electrons. The third-order valence-electron chi connectivity index (χ3n) is 6.58. The van der Waals surface area contributed by atoms with Crippen LogP contribution in [0.25, 0.3) is 0 Å². The number of anilines is 1. The summed E-state index contributed by atoms with van der Waals surface area (Å²) in [6.07, 6.45) is -4.22. The van der Waals surface area contributed by atoms with Gasteiger partial charge in [-0.05, 0) is 63.1 Å². The molecule has 0 heterocycles. The van der Waals surface area contributed by atoms with Crippen LogP contribution < -0.4 is 9.62 Å². The van der Waals surface area contributed by atoms with E-state index >= 15 is 0 Å². The van der Waals surface area contributed by atoms with Gasteiger partial charge in [0.25, 0.3) is 10.0 Å². The zero-order chi connectivity index (χ0) is 31.2. The van der Waals surface area contributed by atoms with Crippen LogP contribution in [0.15, 0.2) is 71.6 Å². The first-order valence-electron chi connectivity index (χ1n) is 13.2. The highest BCUT2D eigenvalue weighted by Crippen LogP contribution is 2.38. The molecule has 0 fully saturated rings. The fourth-order valence-electron chi connectivity index (χ4n) is 4.24. The fourth-order valence-corrected chi connectivity index (χ4v) is 5.87. The van der Waals surface area contributed by atoms with E-state index in [1.807, 2.05) is 26.0 Å². The molecule has 0 radical (unpaired) electrons. The Morgan fingerprint density at radius 1 is 0.976 bits per heavy atom. The molecule has 0 aliphatic rings. The highest BCUT2D eigenvalue weighted by molar-refractivity contribution is 7.92. The van der Waals surface area contributed by atoms with Crippen molar-refractivity contribution in [2.24, 2.45) is 0 Å². The van der Waals surface area contributed by atoms with Crippen molar-refractivity contribution in [2.75, 3.05) is 17.4 Å². The lowest BCUT2D eigenvalue weighted by molar-refractivity contribution is -0.139. The molecular weight excluding hydrogens is 591 g/mol. The van der Waals surface area contributed by atoms with Crippen LogP contribution in [0.3, 0.4) is 0 Å². The number of amides is 2. The van der Waals surface area contributed by atoms with Crippen molar-refractivity contribution in [2.45, 2.75) is 57.8 Å². The number of aryl methyl sites for hydroxylation is 2. The maximum Gasteiger partial charge on any atom is 0.417 e. The van der Waals surface area contributed by atoms with Gasteiger partial charge in [0, 0.05) is 13.1 Å². The van der Waals surface area contributed by atoms with Gasteiger partial charge in [-0.25, -0.2) is 8.42 Å². The van der Waals surface area contributed by atoms with Crippen LogP contribution in [-0.4, -0.2) is 44.3 Å². The standard InChI is InChI=1S/C30H33ClF3N3O4S/c1-5-15-35-29(39)22(4)36(18-23-8-6-7-21(3)16-23)28(38)19-37(42(40,41)25-12-9-20(2)10-13-25)24-11-14-27(31)26(17-24)30(32,33)34/h6-14,16-17,22H,5,15,18-19H2,1-4H3,(H,35,39)/t22-/m0/s1.